The predicted octanol–water partition coefficient (Wildman–Crippen LogP) is 2.79. The summed E-state index contributed by atoms with van der Waals surface area (Å²) in [5.74, 6) is 0.230. The van der Waals surface area contributed by atoms with E-state index in [1.54, 1.807) is 17.0 Å². The normalized spacial score (nSPS) is 15.8. The first-order valence-corrected chi connectivity index (χ1v) is 8.77. The number of carbonyl (C=O) groups is 1. The van der Waals surface area contributed by atoms with Crippen LogP contribution in [0, 0.1) is 19.7 Å². The molecule has 0 bridgehead atoms. The van der Waals surface area contributed by atoms with Crippen LogP contribution in [0.5, 0.6) is 5.75 Å². The minimum absolute atomic E-state index is 0.00849. The second-order valence-electron chi connectivity index (χ2n) is 6.54. The van der Waals surface area contributed by atoms with Crippen LogP contribution in [0.2, 0.25) is 0 Å². The first kappa shape index (κ1) is 18.4. The molecule has 2 aromatic rings. The molecule has 1 saturated heterocycles. The monoisotopic (exact) mass is 361 g/mol. The summed E-state index contributed by atoms with van der Waals surface area (Å²) in [6.45, 7) is 7.30. The third-order valence-electron chi connectivity index (χ3n) is 4.85. The number of methoxy groups -OCH3 is 1. The van der Waals surface area contributed by atoms with Crippen molar-refractivity contribution in [3.63, 3.8) is 0 Å². The quantitative estimate of drug-likeness (QED) is 0.838. The van der Waals surface area contributed by atoms with Gasteiger partial charge in [-0.15, -0.1) is 0 Å². The van der Waals surface area contributed by atoms with Gasteiger partial charge in [0.1, 0.15) is 22.9 Å². The van der Waals surface area contributed by atoms with Crippen molar-refractivity contribution in [3.05, 3.63) is 46.6 Å². The lowest BCUT2D eigenvalue weighted by molar-refractivity contribution is 0.0752. The van der Waals surface area contributed by atoms with Gasteiger partial charge in [-0.25, -0.2) is 4.39 Å². The van der Waals surface area contributed by atoms with Gasteiger partial charge in [-0.3, -0.25) is 9.69 Å². The lowest BCUT2D eigenvalue weighted by Crippen LogP contribution is -2.35. The topological polar surface area (TPSA) is 58.8 Å². The van der Waals surface area contributed by atoms with Gasteiger partial charge < -0.3 is 14.2 Å². The highest BCUT2D eigenvalue weighted by molar-refractivity contribution is 5.97. The molecule has 1 aliphatic heterocycles. The lowest BCUT2D eigenvalue weighted by Gasteiger charge is -2.23. The van der Waals surface area contributed by atoms with Crippen LogP contribution in [0.1, 0.15) is 33.8 Å². The molecular weight excluding hydrogens is 337 g/mol. The van der Waals surface area contributed by atoms with E-state index >= 15 is 0 Å². The van der Waals surface area contributed by atoms with Crippen LogP contribution < -0.4 is 4.74 Å². The van der Waals surface area contributed by atoms with Crippen LogP contribution in [0.25, 0.3) is 0 Å². The van der Waals surface area contributed by atoms with Crippen molar-refractivity contribution in [1.29, 1.82) is 0 Å². The molecule has 6 nitrogen and oxygen atoms in total. The molecule has 2 heterocycles. The summed E-state index contributed by atoms with van der Waals surface area (Å²) in [6, 6.07) is 4.44. The van der Waals surface area contributed by atoms with Crippen LogP contribution in [0.3, 0.4) is 0 Å². The number of ether oxygens (including phenoxy) is 1. The molecule has 26 heavy (non-hydrogen) atoms. The van der Waals surface area contributed by atoms with E-state index in [0.29, 0.717) is 19.6 Å². The SMILES string of the molecule is COc1cccc(F)c1C(=O)N1CCCN(Cc2c(C)noc2C)CC1. The number of halogens is 1. The second kappa shape index (κ2) is 7.86. The summed E-state index contributed by atoms with van der Waals surface area (Å²) in [5.41, 5.74) is 2.01. The molecule has 0 aliphatic carbocycles. The highest BCUT2D eigenvalue weighted by Crippen LogP contribution is 2.24. The van der Waals surface area contributed by atoms with Crippen molar-refractivity contribution >= 4 is 5.91 Å². The number of hydrogen-bond acceptors (Lipinski definition) is 5. The average molecular weight is 361 g/mol. The number of aromatic nitrogens is 1. The number of rotatable bonds is 4. The molecule has 1 amide bonds. The molecule has 1 fully saturated rings. The van der Waals surface area contributed by atoms with Gasteiger partial charge in [0.15, 0.2) is 0 Å². The van der Waals surface area contributed by atoms with Crippen molar-refractivity contribution in [2.75, 3.05) is 33.3 Å². The maximum atomic E-state index is 14.2. The van der Waals surface area contributed by atoms with E-state index < -0.39 is 5.82 Å². The zero-order chi connectivity index (χ0) is 18.7. The Morgan fingerprint density at radius 1 is 1.27 bits per heavy atom. The highest BCUT2D eigenvalue weighted by Gasteiger charge is 2.26. The third kappa shape index (κ3) is 3.72. The van der Waals surface area contributed by atoms with E-state index in [1.165, 1.54) is 13.2 Å². The molecule has 1 aromatic heterocycles. The summed E-state index contributed by atoms with van der Waals surface area (Å²) in [4.78, 5) is 16.8. The van der Waals surface area contributed by atoms with E-state index in [0.717, 1.165) is 36.5 Å². The maximum absolute atomic E-state index is 14.2. The summed E-state index contributed by atoms with van der Waals surface area (Å²) in [5, 5.41) is 3.99. The van der Waals surface area contributed by atoms with E-state index in [4.69, 9.17) is 9.26 Å². The van der Waals surface area contributed by atoms with Gasteiger partial charge in [0, 0.05) is 38.3 Å². The fourth-order valence-electron chi connectivity index (χ4n) is 3.32. The van der Waals surface area contributed by atoms with Crippen molar-refractivity contribution in [2.24, 2.45) is 0 Å². The lowest BCUT2D eigenvalue weighted by atomic mass is 10.1. The van der Waals surface area contributed by atoms with Crippen molar-refractivity contribution < 1.29 is 18.4 Å². The largest absolute Gasteiger partial charge is 0.496 e. The van der Waals surface area contributed by atoms with Gasteiger partial charge in [0.25, 0.3) is 5.91 Å². The van der Waals surface area contributed by atoms with Crippen LogP contribution in [-0.2, 0) is 6.54 Å². The summed E-state index contributed by atoms with van der Waals surface area (Å²) >= 11 is 0. The molecule has 7 heteroatoms. The highest BCUT2D eigenvalue weighted by atomic mass is 19.1. The van der Waals surface area contributed by atoms with E-state index in [-0.39, 0.29) is 17.2 Å². The Kier molecular flexibility index (Phi) is 5.56. The predicted molar refractivity (Wildman–Crippen MR) is 94.7 cm³/mol. The number of nitrogens with zero attached hydrogens (tertiary/aromatic N) is 3. The number of benzene rings is 1. The maximum Gasteiger partial charge on any atom is 0.260 e. The number of carbonyl (C=O) groups excluding carboxylic acids is 1. The van der Waals surface area contributed by atoms with Crippen molar-refractivity contribution in [3.8, 4) is 5.75 Å². The standard InChI is InChI=1S/C19H24FN3O3/c1-13-15(14(2)26-21-13)12-22-8-5-9-23(11-10-22)19(24)18-16(20)6-4-7-17(18)25-3/h4,6-7H,5,8-12H2,1-3H3. The average Bonchev–Trinajstić information content (AvgIpc) is 2.83. The molecule has 140 valence electrons. The fourth-order valence-corrected chi connectivity index (χ4v) is 3.32. The van der Waals surface area contributed by atoms with Gasteiger partial charge >= 0.3 is 0 Å². The summed E-state index contributed by atoms with van der Waals surface area (Å²) in [7, 11) is 1.44. The van der Waals surface area contributed by atoms with Crippen LogP contribution >= 0.6 is 0 Å². The summed E-state index contributed by atoms with van der Waals surface area (Å²) in [6.07, 6.45) is 0.825. The van der Waals surface area contributed by atoms with Gasteiger partial charge in [-0.05, 0) is 32.4 Å². The fraction of sp³-hybridized carbons (Fsp3) is 0.474. The first-order valence-electron chi connectivity index (χ1n) is 8.77. The Hall–Kier alpha value is -2.41. The van der Waals surface area contributed by atoms with E-state index in [2.05, 4.69) is 10.1 Å². The third-order valence-corrected chi connectivity index (χ3v) is 4.85. The number of hydrogen-bond donors (Lipinski definition) is 0. The smallest absolute Gasteiger partial charge is 0.260 e. The van der Waals surface area contributed by atoms with Crippen molar-refractivity contribution in [2.45, 2.75) is 26.8 Å². The molecule has 1 aliphatic rings. The first-order chi connectivity index (χ1) is 12.5. The molecule has 0 radical (unpaired) electrons. The van der Waals surface area contributed by atoms with Crippen molar-refractivity contribution in [1.82, 2.24) is 15.0 Å². The number of amides is 1. The van der Waals surface area contributed by atoms with Crippen LogP contribution in [0.4, 0.5) is 4.39 Å². The molecule has 0 saturated carbocycles. The Morgan fingerprint density at radius 3 is 2.77 bits per heavy atom. The van der Waals surface area contributed by atoms with E-state index in [1.807, 2.05) is 13.8 Å². The van der Waals surface area contributed by atoms with E-state index in [9.17, 15) is 9.18 Å². The second-order valence-corrected chi connectivity index (χ2v) is 6.54. The van der Waals surface area contributed by atoms with Gasteiger partial charge in [0.05, 0.1) is 12.8 Å². The van der Waals surface area contributed by atoms with Crippen LogP contribution in [0.15, 0.2) is 22.7 Å². The van der Waals surface area contributed by atoms with Gasteiger partial charge in [0.2, 0.25) is 0 Å². The molecular formula is C19H24FN3O3. The molecule has 1 aromatic carbocycles. The molecule has 0 N–H and O–H groups in total. The number of aryl methyl sites for hydroxylation is 2. The van der Waals surface area contributed by atoms with Crippen LogP contribution in [-0.4, -0.2) is 54.2 Å². The zero-order valence-corrected chi connectivity index (χ0v) is 15.4. The Balaban J connectivity index is 1.70. The van der Waals surface area contributed by atoms with Gasteiger partial charge in [-0.1, -0.05) is 11.2 Å². The molecule has 0 atom stereocenters. The molecule has 3 rings (SSSR count). The minimum Gasteiger partial charge on any atom is -0.496 e. The minimum atomic E-state index is -0.550. The molecule has 0 spiro atoms. The zero-order valence-electron chi connectivity index (χ0n) is 15.4. The Morgan fingerprint density at radius 2 is 2.08 bits per heavy atom. The Labute approximate surface area is 152 Å². The summed E-state index contributed by atoms with van der Waals surface area (Å²) < 4.78 is 24.6. The molecule has 0 unspecified atom stereocenters. The Bertz CT molecular complexity index is 771. The van der Waals surface area contributed by atoms with Gasteiger partial charge in [-0.2, -0.15) is 0 Å².